The molecule has 0 aliphatic carbocycles. The predicted molar refractivity (Wildman–Crippen MR) is 231 cm³/mol. The fourth-order valence-corrected chi connectivity index (χ4v) is 6.13. The largest absolute Gasteiger partial charge is 0.480 e. The molecule has 0 spiro atoms. The van der Waals surface area contributed by atoms with E-state index < -0.39 is 5.97 Å². The zero-order valence-corrected chi connectivity index (χ0v) is 34.8. The van der Waals surface area contributed by atoms with E-state index in [2.05, 4.69) is 92.1 Å². The third-order valence-corrected chi connectivity index (χ3v) is 9.36. The Hall–Kier alpha value is -3.15. The normalized spacial score (nSPS) is 12.8. The van der Waals surface area contributed by atoms with Crippen molar-refractivity contribution >= 4 is 17.8 Å². The number of carbonyl (C=O) groups excluding carboxylic acids is 2. The molecule has 1 unspecified atom stereocenters. The molecule has 0 aliphatic heterocycles. The molecule has 1 amide bonds. The Balaban J connectivity index is 4.28. The van der Waals surface area contributed by atoms with Crippen molar-refractivity contribution in [2.75, 3.05) is 6.54 Å². The van der Waals surface area contributed by atoms with Crippen LogP contribution < -0.4 is 5.32 Å². The standard InChI is InChI=1S/C48H81NO5/c1-3-5-7-9-11-13-15-17-18-19-20-21-22-24-26-28-30-35-39-43-48(53)54-45(41-37-33-31-34-38-42-46(50)49-44-47(51)52)40-36-32-29-27-25-23-16-14-12-10-8-6-4-2/h5,7,11,13,17-18,20-21,24,26-27,29,45H,3-4,6,8-10,12,14-16,19,22-23,25,28,30-44H2,1-2H3,(H,49,50)(H,51,52)/b7-5-,13-11-,18-17-,21-20-,26-24-,29-27-. The molecule has 0 fully saturated rings. The first kappa shape index (κ1) is 50.9. The van der Waals surface area contributed by atoms with E-state index in [9.17, 15) is 14.4 Å². The lowest BCUT2D eigenvalue weighted by Gasteiger charge is -2.18. The summed E-state index contributed by atoms with van der Waals surface area (Å²) in [6.45, 7) is 4.10. The highest BCUT2D eigenvalue weighted by molar-refractivity contribution is 5.80. The smallest absolute Gasteiger partial charge is 0.322 e. The van der Waals surface area contributed by atoms with Crippen molar-refractivity contribution in [2.45, 2.75) is 206 Å². The second kappa shape index (κ2) is 42.6. The summed E-state index contributed by atoms with van der Waals surface area (Å²) in [4.78, 5) is 35.1. The van der Waals surface area contributed by atoms with Crippen LogP contribution in [0.3, 0.4) is 0 Å². The molecule has 0 radical (unpaired) electrons. The third-order valence-electron chi connectivity index (χ3n) is 9.36. The number of carboxylic acids is 1. The lowest BCUT2D eigenvalue weighted by molar-refractivity contribution is -0.150. The minimum absolute atomic E-state index is 0.0262. The van der Waals surface area contributed by atoms with Crippen LogP contribution in [0.1, 0.15) is 200 Å². The van der Waals surface area contributed by atoms with E-state index in [4.69, 9.17) is 9.84 Å². The minimum atomic E-state index is -1.02. The highest BCUT2D eigenvalue weighted by atomic mass is 16.5. The van der Waals surface area contributed by atoms with E-state index in [0.29, 0.717) is 12.8 Å². The van der Waals surface area contributed by atoms with E-state index in [1.165, 1.54) is 51.4 Å². The van der Waals surface area contributed by atoms with Gasteiger partial charge in [-0.3, -0.25) is 14.4 Å². The van der Waals surface area contributed by atoms with E-state index in [1.807, 2.05) is 0 Å². The molecule has 0 aromatic carbocycles. The van der Waals surface area contributed by atoms with Gasteiger partial charge in [0.15, 0.2) is 0 Å². The number of aliphatic carboxylic acids is 1. The number of nitrogens with one attached hydrogen (secondary N) is 1. The van der Waals surface area contributed by atoms with Gasteiger partial charge in [-0.2, -0.15) is 0 Å². The fourth-order valence-electron chi connectivity index (χ4n) is 6.13. The monoisotopic (exact) mass is 752 g/mol. The Morgan fingerprint density at radius 3 is 1.50 bits per heavy atom. The Morgan fingerprint density at radius 2 is 0.926 bits per heavy atom. The molecular weight excluding hydrogens is 671 g/mol. The first-order valence-electron chi connectivity index (χ1n) is 22.1. The Kier molecular flexibility index (Phi) is 40.1. The minimum Gasteiger partial charge on any atom is -0.480 e. The van der Waals surface area contributed by atoms with Gasteiger partial charge in [0.05, 0.1) is 0 Å². The van der Waals surface area contributed by atoms with Crippen LogP contribution in [0.2, 0.25) is 0 Å². The molecule has 54 heavy (non-hydrogen) atoms. The number of hydrogen-bond acceptors (Lipinski definition) is 4. The van der Waals surface area contributed by atoms with Gasteiger partial charge in [-0.05, 0) is 103 Å². The number of unbranched alkanes of at least 4 members (excludes halogenated alkanes) is 16. The number of carboxylic acid groups (broad SMARTS) is 1. The number of esters is 1. The zero-order valence-electron chi connectivity index (χ0n) is 34.8. The summed E-state index contributed by atoms with van der Waals surface area (Å²) < 4.78 is 6.00. The van der Waals surface area contributed by atoms with Gasteiger partial charge in [-0.25, -0.2) is 0 Å². The molecule has 6 heteroatoms. The molecule has 0 saturated carbocycles. The van der Waals surface area contributed by atoms with Crippen LogP contribution >= 0.6 is 0 Å². The quantitative estimate of drug-likeness (QED) is 0.0371. The Bertz CT molecular complexity index is 1050. The lowest BCUT2D eigenvalue weighted by Crippen LogP contribution is -2.28. The second-order valence-electron chi connectivity index (χ2n) is 14.6. The van der Waals surface area contributed by atoms with Crippen molar-refractivity contribution in [3.63, 3.8) is 0 Å². The summed E-state index contributed by atoms with van der Waals surface area (Å²) in [6.07, 6.45) is 57.4. The summed E-state index contributed by atoms with van der Waals surface area (Å²) in [5.41, 5.74) is 0. The van der Waals surface area contributed by atoms with Crippen LogP contribution in [0.15, 0.2) is 72.9 Å². The molecule has 0 aromatic rings. The van der Waals surface area contributed by atoms with Crippen LogP contribution in [0.5, 0.6) is 0 Å². The van der Waals surface area contributed by atoms with Gasteiger partial charge >= 0.3 is 11.9 Å². The number of carbonyl (C=O) groups is 3. The number of allylic oxidation sites excluding steroid dienone is 12. The topological polar surface area (TPSA) is 92.7 Å². The van der Waals surface area contributed by atoms with Crippen molar-refractivity contribution < 1.29 is 24.2 Å². The molecular formula is C48H81NO5. The molecule has 0 aliphatic rings. The van der Waals surface area contributed by atoms with Crippen LogP contribution in [0.4, 0.5) is 0 Å². The van der Waals surface area contributed by atoms with Gasteiger partial charge in [-0.1, -0.05) is 157 Å². The van der Waals surface area contributed by atoms with Gasteiger partial charge in [0.1, 0.15) is 12.6 Å². The lowest BCUT2D eigenvalue weighted by atomic mass is 10.0. The highest BCUT2D eigenvalue weighted by Crippen LogP contribution is 2.18. The number of amides is 1. The van der Waals surface area contributed by atoms with Crippen molar-refractivity contribution in [3.8, 4) is 0 Å². The van der Waals surface area contributed by atoms with Crippen molar-refractivity contribution in [1.29, 1.82) is 0 Å². The number of hydrogen-bond donors (Lipinski definition) is 2. The van der Waals surface area contributed by atoms with Crippen molar-refractivity contribution in [2.24, 2.45) is 0 Å². The van der Waals surface area contributed by atoms with E-state index in [0.717, 1.165) is 122 Å². The predicted octanol–water partition coefficient (Wildman–Crippen LogP) is 13.8. The van der Waals surface area contributed by atoms with Gasteiger partial charge < -0.3 is 15.2 Å². The van der Waals surface area contributed by atoms with Crippen LogP contribution in [-0.2, 0) is 19.1 Å². The first-order valence-corrected chi connectivity index (χ1v) is 22.1. The molecule has 0 aromatic heterocycles. The average molecular weight is 752 g/mol. The molecule has 1 atom stereocenters. The maximum Gasteiger partial charge on any atom is 0.322 e. The van der Waals surface area contributed by atoms with Crippen molar-refractivity contribution in [1.82, 2.24) is 5.32 Å². The average Bonchev–Trinajstić information content (AvgIpc) is 3.16. The first-order chi connectivity index (χ1) is 26.5. The summed E-state index contributed by atoms with van der Waals surface area (Å²) in [5, 5.41) is 11.1. The molecule has 2 N–H and O–H groups in total. The van der Waals surface area contributed by atoms with Crippen molar-refractivity contribution in [3.05, 3.63) is 72.9 Å². The molecule has 6 nitrogen and oxygen atoms in total. The summed E-state index contributed by atoms with van der Waals surface area (Å²) in [7, 11) is 0. The molecule has 0 heterocycles. The van der Waals surface area contributed by atoms with Gasteiger partial charge in [0.2, 0.25) is 5.91 Å². The van der Waals surface area contributed by atoms with E-state index >= 15 is 0 Å². The van der Waals surface area contributed by atoms with Gasteiger partial charge in [0, 0.05) is 12.8 Å². The maximum absolute atomic E-state index is 12.8. The molecule has 0 bridgehead atoms. The zero-order chi connectivity index (χ0) is 39.4. The maximum atomic E-state index is 12.8. The summed E-state index contributed by atoms with van der Waals surface area (Å²) in [5.74, 6) is -1.29. The fraction of sp³-hybridized carbons (Fsp3) is 0.688. The summed E-state index contributed by atoms with van der Waals surface area (Å²) in [6, 6.07) is 0. The van der Waals surface area contributed by atoms with Crippen LogP contribution in [0.25, 0.3) is 0 Å². The SMILES string of the molecule is CC/C=C\C/C=C\C/C=C\C/C=C\C/C=C\CCCCCC(=O)OC(CCC/C=C\CCCCCCCCCC)CCCCCCCC(=O)NCC(=O)O. The molecule has 0 saturated heterocycles. The Labute approximate surface area is 332 Å². The van der Waals surface area contributed by atoms with Crippen LogP contribution in [-0.4, -0.2) is 35.6 Å². The number of rotatable bonds is 39. The van der Waals surface area contributed by atoms with Gasteiger partial charge in [0.25, 0.3) is 0 Å². The number of ether oxygens (including phenoxy) is 1. The molecule has 308 valence electrons. The third kappa shape index (κ3) is 41.6. The summed E-state index contributed by atoms with van der Waals surface area (Å²) >= 11 is 0. The van der Waals surface area contributed by atoms with Gasteiger partial charge in [-0.15, -0.1) is 0 Å². The van der Waals surface area contributed by atoms with E-state index in [1.54, 1.807) is 0 Å². The van der Waals surface area contributed by atoms with E-state index in [-0.39, 0.29) is 24.5 Å². The second-order valence-corrected chi connectivity index (χ2v) is 14.6. The highest BCUT2D eigenvalue weighted by Gasteiger charge is 2.14. The van der Waals surface area contributed by atoms with Crippen LogP contribution in [0, 0.1) is 0 Å². The Morgan fingerprint density at radius 1 is 0.500 bits per heavy atom. The molecule has 0 rings (SSSR count).